The Morgan fingerprint density at radius 2 is 1.95 bits per heavy atom. The summed E-state index contributed by atoms with van der Waals surface area (Å²) in [5.41, 5.74) is 1.99. The lowest BCUT2D eigenvalue weighted by molar-refractivity contribution is -0.272. The molecule has 2 aliphatic rings. The summed E-state index contributed by atoms with van der Waals surface area (Å²) < 4.78 is 82.9. The maximum atomic E-state index is 15.0. The van der Waals surface area contributed by atoms with Crippen LogP contribution in [0.15, 0.2) is 30.5 Å². The number of aromatic nitrogens is 1. The number of alkyl halides is 3. The van der Waals surface area contributed by atoms with Gasteiger partial charge in [0.15, 0.2) is 17.2 Å². The van der Waals surface area contributed by atoms with Gasteiger partial charge in [-0.05, 0) is 38.0 Å². The molecule has 1 aromatic carbocycles. The SMILES string of the molecule is C[C@H]1[C@@H](c2ccc(F)c(F)c2OC2CCC(O)C2)[C@H](C(=O)Nc2ccnc(C(N)=O)c2)O[C@@]1(C)C(F)(F)F. The maximum absolute atomic E-state index is 15.0. The zero-order valence-electron chi connectivity index (χ0n) is 20.4. The first-order valence-electron chi connectivity index (χ1n) is 11.9. The highest BCUT2D eigenvalue weighted by molar-refractivity contribution is 5.97. The number of primary amides is 1. The van der Waals surface area contributed by atoms with Crippen LogP contribution in [0.1, 0.15) is 55.1 Å². The van der Waals surface area contributed by atoms with Crippen LogP contribution in [0.25, 0.3) is 0 Å². The number of hydrogen-bond donors (Lipinski definition) is 3. The number of aliphatic hydroxyl groups excluding tert-OH is 1. The quantitative estimate of drug-likeness (QED) is 0.476. The molecule has 2 aromatic rings. The van der Waals surface area contributed by atoms with Gasteiger partial charge in [0.1, 0.15) is 17.9 Å². The van der Waals surface area contributed by atoms with Gasteiger partial charge in [-0.1, -0.05) is 13.0 Å². The molecule has 1 aliphatic carbocycles. The number of ether oxygens (including phenoxy) is 2. The molecular weight excluding hydrogens is 517 g/mol. The number of nitrogens with two attached hydrogens (primary N) is 1. The number of benzene rings is 1. The Labute approximate surface area is 214 Å². The Morgan fingerprint density at radius 3 is 2.55 bits per heavy atom. The molecule has 206 valence electrons. The molecule has 2 unspecified atom stereocenters. The molecule has 2 heterocycles. The highest BCUT2D eigenvalue weighted by Gasteiger charge is 2.66. The summed E-state index contributed by atoms with van der Waals surface area (Å²) in [4.78, 5) is 28.5. The molecule has 0 bridgehead atoms. The predicted molar refractivity (Wildman–Crippen MR) is 123 cm³/mol. The lowest BCUT2D eigenvalue weighted by Gasteiger charge is -2.32. The predicted octanol–water partition coefficient (Wildman–Crippen LogP) is 3.83. The van der Waals surface area contributed by atoms with Gasteiger partial charge in [0, 0.05) is 35.7 Å². The minimum Gasteiger partial charge on any atom is -0.487 e. The Bertz CT molecular complexity index is 1240. The van der Waals surface area contributed by atoms with Gasteiger partial charge in [0.25, 0.3) is 11.8 Å². The molecule has 38 heavy (non-hydrogen) atoms. The highest BCUT2D eigenvalue weighted by atomic mass is 19.4. The van der Waals surface area contributed by atoms with Crippen LogP contribution in [0.5, 0.6) is 5.75 Å². The van der Waals surface area contributed by atoms with Crippen molar-refractivity contribution in [1.29, 1.82) is 0 Å². The number of nitrogens with zero attached hydrogens (tertiary/aromatic N) is 1. The number of nitrogens with one attached hydrogen (secondary N) is 1. The molecule has 1 aliphatic heterocycles. The topological polar surface area (TPSA) is 124 Å². The minimum atomic E-state index is -4.93. The second-order valence-corrected chi connectivity index (χ2v) is 9.73. The summed E-state index contributed by atoms with van der Waals surface area (Å²) in [6, 6.07) is 4.24. The van der Waals surface area contributed by atoms with E-state index < -0.39 is 71.1 Å². The smallest absolute Gasteiger partial charge is 0.417 e. The number of aliphatic hydroxyl groups is 1. The number of anilines is 1. The number of amides is 2. The Morgan fingerprint density at radius 1 is 1.24 bits per heavy atom. The zero-order chi connectivity index (χ0) is 28.0. The fourth-order valence-electron chi connectivity index (χ4n) is 5.00. The van der Waals surface area contributed by atoms with Crippen LogP contribution in [-0.2, 0) is 9.53 Å². The number of carbonyl (C=O) groups excluding carboxylic acids is 2. The standard InChI is InChI=1S/C25H26F5N3O5/c1-11-18(15-5-6-16(26)19(27)20(15)37-14-4-3-13(34)10-14)21(38-24(11,2)25(28,29)30)23(36)33-12-7-8-32-17(9-12)22(31)35/h5-9,11,13-14,18,21,34H,3-4,10H2,1-2H3,(H2,31,35)(H,32,33,36)/t11-,13?,14?,18-,21+,24+/m0/s1. The first-order valence-corrected chi connectivity index (χ1v) is 11.9. The number of halogens is 5. The van der Waals surface area contributed by atoms with Gasteiger partial charge in [-0.2, -0.15) is 17.6 Å². The van der Waals surface area contributed by atoms with Crippen molar-refractivity contribution < 1.29 is 46.1 Å². The molecule has 0 radical (unpaired) electrons. The van der Waals surface area contributed by atoms with Crippen molar-refractivity contribution >= 4 is 17.5 Å². The van der Waals surface area contributed by atoms with Crippen LogP contribution in [0.3, 0.4) is 0 Å². The molecule has 1 saturated heterocycles. The molecule has 2 fully saturated rings. The van der Waals surface area contributed by atoms with Crippen molar-refractivity contribution in [2.24, 2.45) is 11.7 Å². The van der Waals surface area contributed by atoms with Gasteiger partial charge in [-0.25, -0.2) is 4.39 Å². The van der Waals surface area contributed by atoms with E-state index in [2.05, 4.69) is 10.3 Å². The van der Waals surface area contributed by atoms with E-state index in [1.807, 2.05) is 0 Å². The number of carbonyl (C=O) groups is 2. The van der Waals surface area contributed by atoms with E-state index >= 15 is 4.39 Å². The Hall–Kier alpha value is -3.32. The van der Waals surface area contributed by atoms with Crippen LogP contribution < -0.4 is 15.8 Å². The van der Waals surface area contributed by atoms with Crippen molar-refractivity contribution in [1.82, 2.24) is 4.98 Å². The summed E-state index contributed by atoms with van der Waals surface area (Å²) in [5.74, 6) is -8.12. The third kappa shape index (κ3) is 5.04. The minimum absolute atomic E-state index is 0.0103. The molecule has 1 aromatic heterocycles. The average Bonchev–Trinajstić information content (AvgIpc) is 3.38. The first kappa shape index (κ1) is 27.7. The van der Waals surface area contributed by atoms with Crippen molar-refractivity contribution in [2.45, 2.75) is 69.1 Å². The van der Waals surface area contributed by atoms with E-state index in [4.69, 9.17) is 15.2 Å². The van der Waals surface area contributed by atoms with E-state index in [1.54, 1.807) is 0 Å². The van der Waals surface area contributed by atoms with Crippen LogP contribution in [0.4, 0.5) is 27.6 Å². The number of pyridine rings is 1. The van der Waals surface area contributed by atoms with Crippen molar-refractivity contribution in [3.63, 3.8) is 0 Å². The molecule has 1 saturated carbocycles. The molecular formula is C25H26F5N3O5. The second-order valence-electron chi connectivity index (χ2n) is 9.73. The van der Waals surface area contributed by atoms with Crippen LogP contribution >= 0.6 is 0 Å². The van der Waals surface area contributed by atoms with E-state index in [9.17, 15) is 32.3 Å². The molecule has 2 amide bonds. The van der Waals surface area contributed by atoms with Gasteiger partial charge in [0.2, 0.25) is 5.82 Å². The van der Waals surface area contributed by atoms with Crippen molar-refractivity contribution in [3.05, 3.63) is 53.4 Å². The second kappa shape index (κ2) is 10.1. The van der Waals surface area contributed by atoms with E-state index in [0.717, 1.165) is 25.1 Å². The lowest BCUT2D eigenvalue weighted by atomic mass is 9.77. The van der Waals surface area contributed by atoms with Crippen LogP contribution in [0.2, 0.25) is 0 Å². The molecule has 4 N–H and O–H groups in total. The summed E-state index contributed by atoms with van der Waals surface area (Å²) in [6.45, 7) is 1.98. The fraction of sp³-hybridized carbons (Fsp3) is 0.480. The van der Waals surface area contributed by atoms with Crippen molar-refractivity contribution in [2.75, 3.05) is 5.32 Å². The van der Waals surface area contributed by atoms with E-state index in [-0.39, 0.29) is 23.4 Å². The average molecular weight is 543 g/mol. The summed E-state index contributed by atoms with van der Waals surface area (Å²) >= 11 is 0. The fourth-order valence-corrected chi connectivity index (χ4v) is 5.00. The van der Waals surface area contributed by atoms with Gasteiger partial charge < -0.3 is 25.6 Å². The normalized spacial score (nSPS) is 29.3. The molecule has 4 rings (SSSR count). The van der Waals surface area contributed by atoms with Crippen LogP contribution in [-0.4, -0.2) is 52.0 Å². The van der Waals surface area contributed by atoms with Gasteiger partial charge in [-0.3, -0.25) is 14.6 Å². The van der Waals surface area contributed by atoms with Gasteiger partial charge in [0.05, 0.1) is 6.10 Å². The van der Waals surface area contributed by atoms with Gasteiger partial charge in [-0.15, -0.1) is 0 Å². The largest absolute Gasteiger partial charge is 0.487 e. The third-order valence-electron chi connectivity index (χ3n) is 7.29. The van der Waals surface area contributed by atoms with Gasteiger partial charge >= 0.3 is 6.18 Å². The lowest BCUT2D eigenvalue weighted by Crippen LogP contribution is -2.47. The third-order valence-corrected chi connectivity index (χ3v) is 7.29. The number of rotatable bonds is 6. The molecule has 13 heteroatoms. The summed E-state index contributed by atoms with van der Waals surface area (Å²) in [6.07, 6.45) is -6.19. The van der Waals surface area contributed by atoms with E-state index in [0.29, 0.717) is 12.8 Å². The first-order chi connectivity index (χ1) is 17.7. The molecule has 0 spiro atoms. The monoisotopic (exact) mass is 543 g/mol. The maximum Gasteiger partial charge on any atom is 0.417 e. The molecule has 8 nitrogen and oxygen atoms in total. The highest BCUT2D eigenvalue weighted by Crippen LogP contribution is 2.55. The Balaban J connectivity index is 1.76. The Kier molecular flexibility index (Phi) is 7.36. The summed E-state index contributed by atoms with van der Waals surface area (Å²) in [7, 11) is 0. The van der Waals surface area contributed by atoms with E-state index in [1.165, 1.54) is 19.2 Å². The van der Waals surface area contributed by atoms with Crippen LogP contribution in [0, 0.1) is 17.6 Å². The van der Waals surface area contributed by atoms with Crippen molar-refractivity contribution in [3.8, 4) is 5.75 Å². The molecule has 6 atom stereocenters. The zero-order valence-corrected chi connectivity index (χ0v) is 20.4. The number of hydrogen-bond acceptors (Lipinski definition) is 6. The summed E-state index contributed by atoms with van der Waals surface area (Å²) in [5, 5.41) is 12.2.